The molecule has 0 bridgehead atoms. The lowest BCUT2D eigenvalue weighted by atomic mass is 9.88. The monoisotopic (exact) mass is 443 g/mol. The van der Waals surface area contributed by atoms with Gasteiger partial charge in [0.05, 0.1) is 7.11 Å². The number of benzene rings is 3. The molecule has 1 heterocycles. The largest absolute Gasteiger partial charge is 0.497 e. The van der Waals surface area contributed by atoms with E-state index in [-0.39, 0.29) is 17.6 Å². The highest BCUT2D eigenvalue weighted by molar-refractivity contribution is 5.98. The number of carbonyl (C=O) groups excluding carboxylic acids is 2. The topological polar surface area (TPSA) is 55.8 Å². The molecule has 33 heavy (non-hydrogen) atoms. The summed E-state index contributed by atoms with van der Waals surface area (Å²) in [6.45, 7) is 2.90. The van der Waals surface area contributed by atoms with Crippen LogP contribution < -0.4 is 9.47 Å². The molecule has 0 radical (unpaired) electrons. The molecular formula is C28H29NO4. The number of hydrogen-bond donors (Lipinski definition) is 0. The van der Waals surface area contributed by atoms with Gasteiger partial charge in [-0.05, 0) is 67.3 Å². The summed E-state index contributed by atoms with van der Waals surface area (Å²) in [5, 5.41) is 0. The predicted molar refractivity (Wildman–Crippen MR) is 129 cm³/mol. The summed E-state index contributed by atoms with van der Waals surface area (Å²) >= 11 is 0. The highest BCUT2D eigenvalue weighted by atomic mass is 16.5. The molecule has 1 unspecified atom stereocenters. The Kier molecular flexibility index (Phi) is 7.08. The highest BCUT2D eigenvalue weighted by Gasteiger charge is 2.30. The fourth-order valence-corrected chi connectivity index (χ4v) is 4.22. The number of carbonyl (C=O) groups is 2. The number of ketones is 1. The summed E-state index contributed by atoms with van der Waals surface area (Å²) in [7, 11) is 1.61. The van der Waals surface area contributed by atoms with Crippen LogP contribution in [0.25, 0.3) is 11.1 Å². The number of piperidine rings is 1. The van der Waals surface area contributed by atoms with Gasteiger partial charge in [-0.25, -0.2) is 0 Å². The van der Waals surface area contributed by atoms with Crippen molar-refractivity contribution in [1.29, 1.82) is 0 Å². The second-order valence-electron chi connectivity index (χ2n) is 8.34. The zero-order valence-electron chi connectivity index (χ0n) is 19.1. The van der Waals surface area contributed by atoms with Crippen molar-refractivity contribution >= 4 is 11.7 Å². The maximum Gasteiger partial charge on any atom is 0.263 e. The van der Waals surface area contributed by atoms with Crippen molar-refractivity contribution in [2.24, 2.45) is 5.92 Å². The van der Waals surface area contributed by atoms with E-state index in [2.05, 4.69) is 12.1 Å². The van der Waals surface area contributed by atoms with Crippen molar-refractivity contribution in [3.8, 4) is 22.6 Å². The average Bonchev–Trinajstić information content (AvgIpc) is 2.89. The van der Waals surface area contributed by atoms with Crippen LogP contribution in [0.3, 0.4) is 0 Å². The van der Waals surface area contributed by atoms with Crippen molar-refractivity contribution in [3.05, 3.63) is 84.4 Å². The van der Waals surface area contributed by atoms with Crippen LogP contribution in [0.4, 0.5) is 0 Å². The van der Waals surface area contributed by atoms with E-state index in [1.165, 1.54) is 0 Å². The molecule has 1 fully saturated rings. The van der Waals surface area contributed by atoms with Gasteiger partial charge in [0.25, 0.3) is 5.91 Å². The molecule has 1 saturated heterocycles. The Morgan fingerprint density at radius 1 is 0.818 bits per heavy atom. The highest BCUT2D eigenvalue weighted by Crippen LogP contribution is 2.25. The summed E-state index contributed by atoms with van der Waals surface area (Å²) < 4.78 is 11.1. The first kappa shape index (κ1) is 22.6. The minimum absolute atomic E-state index is 0.0440. The normalized spacial score (nSPS) is 15.0. The van der Waals surface area contributed by atoms with Crippen LogP contribution in [0.15, 0.2) is 78.9 Å². The number of ether oxygens (including phenoxy) is 2. The Balaban J connectivity index is 1.29. The summed E-state index contributed by atoms with van der Waals surface area (Å²) in [4.78, 5) is 27.5. The Morgan fingerprint density at radius 3 is 2.00 bits per heavy atom. The van der Waals surface area contributed by atoms with Crippen molar-refractivity contribution in [3.63, 3.8) is 0 Å². The second kappa shape index (κ2) is 10.3. The Hall–Kier alpha value is -3.60. The molecule has 1 amide bonds. The van der Waals surface area contributed by atoms with Crippen molar-refractivity contribution in [2.75, 3.05) is 20.2 Å². The van der Waals surface area contributed by atoms with Gasteiger partial charge >= 0.3 is 0 Å². The Labute approximate surface area is 194 Å². The molecule has 3 aromatic rings. The molecule has 5 nitrogen and oxygen atoms in total. The molecule has 1 aliphatic rings. The predicted octanol–water partition coefficient (Wildman–Crippen LogP) is 5.25. The average molecular weight is 444 g/mol. The fourth-order valence-electron chi connectivity index (χ4n) is 4.22. The van der Waals surface area contributed by atoms with Gasteiger partial charge in [-0.3, -0.25) is 9.59 Å². The van der Waals surface area contributed by atoms with Gasteiger partial charge in [-0.15, -0.1) is 0 Å². The van der Waals surface area contributed by atoms with E-state index in [0.29, 0.717) is 37.2 Å². The first-order chi connectivity index (χ1) is 16.0. The Morgan fingerprint density at radius 2 is 1.39 bits per heavy atom. The van der Waals surface area contributed by atoms with E-state index in [9.17, 15) is 9.59 Å². The van der Waals surface area contributed by atoms with Gasteiger partial charge in [-0.2, -0.15) is 0 Å². The second-order valence-corrected chi connectivity index (χ2v) is 8.34. The smallest absolute Gasteiger partial charge is 0.263 e. The molecule has 3 aromatic carbocycles. The molecule has 0 aliphatic carbocycles. The quantitative estimate of drug-likeness (QED) is 0.468. The number of methoxy groups -OCH3 is 1. The van der Waals surface area contributed by atoms with Gasteiger partial charge in [0, 0.05) is 24.6 Å². The van der Waals surface area contributed by atoms with Crippen LogP contribution in [0, 0.1) is 5.92 Å². The SMILES string of the molecule is COc1ccc(C(=O)C2CCN(C(=O)C(C)Oc3ccc(-c4ccccc4)cc3)CC2)cc1. The zero-order chi connectivity index (χ0) is 23.2. The number of nitrogens with zero attached hydrogens (tertiary/aromatic N) is 1. The molecule has 0 spiro atoms. The maximum absolute atomic E-state index is 12.9. The van der Waals surface area contributed by atoms with Crippen LogP contribution in [-0.4, -0.2) is 42.9 Å². The van der Waals surface area contributed by atoms with E-state index in [1.807, 2.05) is 42.5 Å². The van der Waals surface area contributed by atoms with Gasteiger partial charge in [0.1, 0.15) is 11.5 Å². The van der Waals surface area contributed by atoms with Gasteiger partial charge in [-0.1, -0.05) is 42.5 Å². The minimum atomic E-state index is -0.582. The third kappa shape index (κ3) is 5.43. The van der Waals surface area contributed by atoms with Crippen LogP contribution >= 0.6 is 0 Å². The molecule has 170 valence electrons. The lowest BCUT2D eigenvalue weighted by Crippen LogP contribution is -2.45. The summed E-state index contributed by atoms with van der Waals surface area (Å²) in [5.41, 5.74) is 2.93. The third-order valence-electron chi connectivity index (χ3n) is 6.17. The van der Waals surface area contributed by atoms with Gasteiger partial charge in [0.15, 0.2) is 11.9 Å². The van der Waals surface area contributed by atoms with Crippen molar-refractivity contribution in [2.45, 2.75) is 25.9 Å². The molecule has 0 aromatic heterocycles. The molecule has 1 aliphatic heterocycles. The first-order valence-electron chi connectivity index (χ1n) is 11.3. The van der Waals surface area contributed by atoms with Gasteiger partial charge in [0.2, 0.25) is 0 Å². The fraction of sp³-hybridized carbons (Fsp3) is 0.286. The zero-order valence-corrected chi connectivity index (χ0v) is 19.1. The lowest BCUT2D eigenvalue weighted by Gasteiger charge is -2.33. The molecule has 0 saturated carbocycles. The van der Waals surface area contributed by atoms with Crippen molar-refractivity contribution in [1.82, 2.24) is 4.90 Å². The molecule has 0 N–H and O–H groups in total. The molecular weight excluding hydrogens is 414 g/mol. The van der Waals surface area contributed by atoms with Crippen LogP contribution in [0.1, 0.15) is 30.1 Å². The number of rotatable bonds is 7. The number of hydrogen-bond acceptors (Lipinski definition) is 4. The third-order valence-corrected chi connectivity index (χ3v) is 6.17. The van der Waals surface area contributed by atoms with E-state index in [4.69, 9.17) is 9.47 Å². The molecule has 1 atom stereocenters. The first-order valence-corrected chi connectivity index (χ1v) is 11.3. The van der Waals surface area contributed by atoms with E-state index in [0.717, 1.165) is 16.9 Å². The molecule has 5 heteroatoms. The van der Waals surface area contributed by atoms with E-state index >= 15 is 0 Å². The summed E-state index contributed by atoms with van der Waals surface area (Å²) in [6.07, 6.45) is 0.742. The number of amides is 1. The maximum atomic E-state index is 12.9. The lowest BCUT2D eigenvalue weighted by molar-refractivity contribution is -0.139. The number of likely N-dealkylation sites (tertiary alicyclic amines) is 1. The minimum Gasteiger partial charge on any atom is -0.497 e. The van der Waals surface area contributed by atoms with E-state index < -0.39 is 6.10 Å². The van der Waals surface area contributed by atoms with Gasteiger partial charge < -0.3 is 14.4 Å². The molecule has 4 rings (SSSR count). The summed E-state index contributed by atoms with van der Waals surface area (Å²) in [5.74, 6) is 1.42. The van der Waals surface area contributed by atoms with Crippen molar-refractivity contribution < 1.29 is 19.1 Å². The van der Waals surface area contributed by atoms with Crippen LogP contribution in [-0.2, 0) is 4.79 Å². The summed E-state index contributed by atoms with van der Waals surface area (Å²) in [6, 6.07) is 25.1. The van der Waals surface area contributed by atoms with E-state index in [1.54, 1.807) is 43.2 Å². The standard InChI is InChI=1S/C28H29NO4/c1-20(33-26-14-8-22(9-15-26)21-6-4-3-5-7-21)28(31)29-18-16-24(17-19-29)27(30)23-10-12-25(32-2)13-11-23/h3-15,20,24H,16-19H2,1-2H3. The number of Topliss-reactive ketones (excluding diaryl/α,β-unsaturated/α-hetero) is 1. The Bertz CT molecular complexity index is 1070. The van der Waals surface area contributed by atoms with Crippen LogP contribution in [0.2, 0.25) is 0 Å². The van der Waals surface area contributed by atoms with Crippen LogP contribution in [0.5, 0.6) is 11.5 Å².